The third kappa shape index (κ3) is 5.11. The first-order valence-electron chi connectivity index (χ1n) is 9.03. The van der Waals surface area contributed by atoms with Crippen LogP contribution in [0.4, 0.5) is 10.1 Å². The van der Waals surface area contributed by atoms with Crippen LogP contribution in [0.25, 0.3) is 0 Å². The smallest absolute Gasteiger partial charge is 0.311 e. The zero-order valence-electron chi connectivity index (χ0n) is 16.1. The highest BCUT2D eigenvalue weighted by atomic mass is 19.1. The van der Waals surface area contributed by atoms with Crippen LogP contribution in [-0.2, 0) is 4.79 Å². The third-order valence-corrected chi connectivity index (χ3v) is 4.36. The van der Waals surface area contributed by atoms with Gasteiger partial charge in [-0.15, -0.1) is 0 Å². The lowest BCUT2D eigenvalue weighted by Crippen LogP contribution is -2.33. The Hall–Kier alpha value is -3.94. The molecule has 1 N–H and O–H groups in total. The van der Waals surface area contributed by atoms with Crippen LogP contribution in [0.1, 0.15) is 17.2 Å². The lowest BCUT2D eigenvalue weighted by Gasteiger charge is -2.20. The molecule has 0 saturated heterocycles. The van der Waals surface area contributed by atoms with E-state index in [9.17, 15) is 19.3 Å². The van der Waals surface area contributed by atoms with Crippen molar-refractivity contribution in [1.29, 1.82) is 0 Å². The van der Waals surface area contributed by atoms with Gasteiger partial charge in [-0.3, -0.25) is 14.9 Å². The van der Waals surface area contributed by atoms with Crippen molar-refractivity contribution < 1.29 is 23.6 Å². The van der Waals surface area contributed by atoms with Gasteiger partial charge in [-0.05, 0) is 29.3 Å². The Labute approximate surface area is 172 Å². The number of nitro groups is 1. The van der Waals surface area contributed by atoms with Crippen LogP contribution >= 0.6 is 0 Å². The molecule has 0 unspecified atom stereocenters. The normalized spacial score (nSPS) is 11.4. The molecule has 0 saturated carbocycles. The molecule has 0 fully saturated rings. The lowest BCUT2D eigenvalue weighted by atomic mass is 9.98. The van der Waals surface area contributed by atoms with Crippen molar-refractivity contribution in [2.75, 3.05) is 13.7 Å². The van der Waals surface area contributed by atoms with Gasteiger partial charge in [-0.2, -0.15) is 0 Å². The van der Waals surface area contributed by atoms with E-state index in [1.165, 1.54) is 0 Å². The molecule has 0 aliphatic heterocycles. The van der Waals surface area contributed by atoms with Gasteiger partial charge in [0.1, 0.15) is 11.6 Å². The minimum Gasteiger partial charge on any atom is -0.497 e. The summed E-state index contributed by atoms with van der Waals surface area (Å²) in [5.74, 6) is -0.843. The molecule has 0 bridgehead atoms. The van der Waals surface area contributed by atoms with Crippen LogP contribution in [0.15, 0.2) is 72.8 Å². The van der Waals surface area contributed by atoms with E-state index in [1.807, 2.05) is 42.5 Å². The second-order valence-electron chi connectivity index (χ2n) is 6.34. The number of hydrogen-bond acceptors (Lipinski definition) is 5. The second kappa shape index (κ2) is 9.51. The summed E-state index contributed by atoms with van der Waals surface area (Å²) in [6, 6.07) is 18.9. The average molecular weight is 410 g/mol. The molecule has 0 radical (unpaired) electrons. The van der Waals surface area contributed by atoms with E-state index in [2.05, 4.69) is 5.32 Å². The Morgan fingerprint density at radius 2 is 1.73 bits per heavy atom. The SMILES string of the molecule is COc1ccc([C@H](NC(=O)COc2cc(F)ccc2[N+](=O)[O-])c2ccccc2)cc1. The highest BCUT2D eigenvalue weighted by Gasteiger charge is 2.20. The maximum atomic E-state index is 13.4. The quantitative estimate of drug-likeness (QED) is 0.447. The molecule has 0 spiro atoms. The van der Waals surface area contributed by atoms with E-state index in [1.54, 1.807) is 19.2 Å². The molecule has 8 heteroatoms. The fourth-order valence-corrected chi connectivity index (χ4v) is 2.90. The summed E-state index contributed by atoms with van der Waals surface area (Å²) in [5, 5.41) is 13.9. The number of rotatable bonds is 8. The summed E-state index contributed by atoms with van der Waals surface area (Å²) < 4.78 is 23.8. The van der Waals surface area contributed by atoms with Crippen molar-refractivity contribution in [2.24, 2.45) is 0 Å². The predicted octanol–water partition coefficient (Wildman–Crippen LogP) is 4.03. The first kappa shape index (κ1) is 20.8. The van der Waals surface area contributed by atoms with Gasteiger partial charge in [-0.25, -0.2) is 4.39 Å². The van der Waals surface area contributed by atoms with Gasteiger partial charge in [-0.1, -0.05) is 42.5 Å². The Kier molecular flexibility index (Phi) is 6.59. The topological polar surface area (TPSA) is 90.7 Å². The van der Waals surface area contributed by atoms with E-state index in [-0.39, 0.29) is 5.75 Å². The zero-order chi connectivity index (χ0) is 21.5. The molecule has 154 valence electrons. The number of hydrogen-bond donors (Lipinski definition) is 1. The molecule has 0 aliphatic carbocycles. The van der Waals surface area contributed by atoms with Gasteiger partial charge in [0, 0.05) is 12.1 Å². The van der Waals surface area contributed by atoms with E-state index in [0.717, 1.165) is 29.3 Å². The first-order chi connectivity index (χ1) is 14.5. The molecule has 3 aromatic carbocycles. The summed E-state index contributed by atoms with van der Waals surface area (Å²) in [5.41, 5.74) is 1.24. The fourth-order valence-electron chi connectivity index (χ4n) is 2.90. The van der Waals surface area contributed by atoms with Gasteiger partial charge < -0.3 is 14.8 Å². The van der Waals surface area contributed by atoms with Gasteiger partial charge in [0.15, 0.2) is 6.61 Å². The molecule has 0 aliphatic rings. The number of ether oxygens (including phenoxy) is 2. The Morgan fingerprint density at radius 3 is 2.37 bits per heavy atom. The molecule has 3 rings (SSSR count). The van der Waals surface area contributed by atoms with Crippen molar-refractivity contribution in [3.05, 3.63) is 99.9 Å². The molecule has 1 amide bonds. The molecule has 30 heavy (non-hydrogen) atoms. The summed E-state index contributed by atoms with van der Waals surface area (Å²) in [4.78, 5) is 22.9. The predicted molar refractivity (Wildman–Crippen MR) is 108 cm³/mol. The fraction of sp³-hybridized carbons (Fsp3) is 0.136. The van der Waals surface area contributed by atoms with Crippen LogP contribution in [0, 0.1) is 15.9 Å². The number of nitrogens with zero attached hydrogens (tertiary/aromatic N) is 1. The number of halogens is 1. The van der Waals surface area contributed by atoms with Gasteiger partial charge in [0.05, 0.1) is 18.1 Å². The summed E-state index contributed by atoms with van der Waals surface area (Å²) in [6.07, 6.45) is 0. The highest BCUT2D eigenvalue weighted by molar-refractivity contribution is 5.78. The molecule has 1 atom stereocenters. The number of carbonyl (C=O) groups is 1. The Balaban J connectivity index is 1.77. The van der Waals surface area contributed by atoms with Crippen LogP contribution in [0.5, 0.6) is 11.5 Å². The molecular formula is C22H19FN2O5. The number of benzene rings is 3. The van der Waals surface area contributed by atoms with Crippen LogP contribution < -0.4 is 14.8 Å². The summed E-state index contributed by atoms with van der Waals surface area (Å²) >= 11 is 0. The largest absolute Gasteiger partial charge is 0.497 e. The van der Waals surface area contributed by atoms with Gasteiger partial charge >= 0.3 is 5.69 Å². The third-order valence-electron chi connectivity index (χ3n) is 4.36. The van der Waals surface area contributed by atoms with Crippen molar-refractivity contribution in [2.45, 2.75) is 6.04 Å². The number of carbonyl (C=O) groups excluding carboxylic acids is 1. The van der Waals surface area contributed by atoms with E-state index < -0.39 is 35.0 Å². The van der Waals surface area contributed by atoms with Crippen molar-refractivity contribution in [1.82, 2.24) is 5.32 Å². The zero-order valence-corrected chi connectivity index (χ0v) is 16.1. The first-order valence-corrected chi connectivity index (χ1v) is 9.03. The number of nitro benzene ring substituents is 1. The maximum Gasteiger partial charge on any atom is 0.311 e. The van der Waals surface area contributed by atoms with Gasteiger partial charge in [0.2, 0.25) is 5.75 Å². The van der Waals surface area contributed by atoms with Crippen molar-refractivity contribution in [3.8, 4) is 11.5 Å². The van der Waals surface area contributed by atoms with Crippen LogP contribution in [0.3, 0.4) is 0 Å². The summed E-state index contributed by atoms with van der Waals surface area (Å²) in [6.45, 7) is -0.510. The van der Waals surface area contributed by atoms with Crippen molar-refractivity contribution >= 4 is 11.6 Å². The maximum absolute atomic E-state index is 13.4. The van der Waals surface area contributed by atoms with E-state index in [0.29, 0.717) is 5.75 Å². The van der Waals surface area contributed by atoms with Crippen LogP contribution in [-0.4, -0.2) is 24.5 Å². The van der Waals surface area contributed by atoms with Gasteiger partial charge in [0.25, 0.3) is 5.91 Å². The van der Waals surface area contributed by atoms with E-state index in [4.69, 9.17) is 9.47 Å². The Morgan fingerprint density at radius 1 is 1.07 bits per heavy atom. The molecular weight excluding hydrogens is 391 g/mol. The molecule has 3 aromatic rings. The average Bonchev–Trinajstić information content (AvgIpc) is 2.76. The molecule has 0 aromatic heterocycles. The van der Waals surface area contributed by atoms with Crippen LogP contribution in [0.2, 0.25) is 0 Å². The number of nitrogens with one attached hydrogen (secondary N) is 1. The lowest BCUT2D eigenvalue weighted by molar-refractivity contribution is -0.385. The standard InChI is InChI=1S/C22H19FN2O5/c1-29-18-10-7-16(8-11-18)22(15-5-3-2-4-6-15)24-21(26)14-30-20-13-17(23)9-12-19(20)25(27)28/h2-13,22H,14H2,1H3,(H,24,26)/t22-/m1/s1. The molecule has 7 nitrogen and oxygen atoms in total. The Bertz CT molecular complexity index is 1030. The number of amides is 1. The molecule has 0 heterocycles. The highest BCUT2D eigenvalue weighted by Crippen LogP contribution is 2.28. The monoisotopic (exact) mass is 410 g/mol. The number of methoxy groups -OCH3 is 1. The van der Waals surface area contributed by atoms with Crippen molar-refractivity contribution in [3.63, 3.8) is 0 Å². The van der Waals surface area contributed by atoms with E-state index >= 15 is 0 Å². The minimum atomic E-state index is -0.698. The second-order valence-corrected chi connectivity index (χ2v) is 6.34. The summed E-state index contributed by atoms with van der Waals surface area (Å²) in [7, 11) is 1.56. The minimum absolute atomic E-state index is 0.309.